The molecule has 0 fully saturated rings. The summed E-state index contributed by atoms with van der Waals surface area (Å²) in [4.78, 5) is 4.67. The molecule has 0 atom stereocenters. The second kappa shape index (κ2) is 13.1. The van der Waals surface area contributed by atoms with Crippen molar-refractivity contribution in [3.05, 3.63) is 102 Å². The van der Waals surface area contributed by atoms with Crippen LogP contribution < -0.4 is 9.47 Å². The van der Waals surface area contributed by atoms with Gasteiger partial charge in [-0.05, 0) is 94.1 Å². The number of methoxy groups -OCH3 is 1. The van der Waals surface area contributed by atoms with E-state index in [9.17, 15) is 5.21 Å². The Morgan fingerprint density at radius 2 is 1.55 bits per heavy atom. The molecule has 6 nitrogen and oxygen atoms in total. The number of aromatic nitrogens is 2. The zero-order valence-electron chi connectivity index (χ0n) is 26.8. The van der Waals surface area contributed by atoms with Crippen molar-refractivity contribution in [3.8, 4) is 33.9 Å². The molecular weight excluding hydrogens is 563 g/mol. The summed E-state index contributed by atoms with van der Waals surface area (Å²) in [6.07, 6.45) is 5.50. The molecule has 0 saturated carbocycles. The molecule has 44 heavy (non-hydrogen) atoms. The van der Waals surface area contributed by atoms with Gasteiger partial charge in [0.05, 0.1) is 19.0 Å². The number of hydrogen-bond donors (Lipinski definition) is 1. The normalized spacial score (nSPS) is 12.2. The smallest absolute Gasteiger partial charge is 0.169 e. The van der Waals surface area contributed by atoms with Crippen molar-refractivity contribution >= 4 is 25.4 Å². The van der Waals surface area contributed by atoms with Gasteiger partial charge in [0.2, 0.25) is 0 Å². The highest BCUT2D eigenvalue weighted by Crippen LogP contribution is 2.45. The van der Waals surface area contributed by atoms with Crippen molar-refractivity contribution < 1.29 is 14.7 Å². The Bertz CT molecular complexity index is 1730. The minimum Gasteiger partial charge on any atom is -0.497 e. The summed E-state index contributed by atoms with van der Waals surface area (Å²) in [5.41, 5.74) is 8.58. The number of rotatable bonds is 11. The maximum atomic E-state index is 9.34. The van der Waals surface area contributed by atoms with E-state index in [1.54, 1.807) is 13.3 Å². The molecule has 228 valence electrons. The van der Waals surface area contributed by atoms with E-state index in [4.69, 9.17) is 9.47 Å². The maximum Gasteiger partial charge on any atom is 0.169 e. The van der Waals surface area contributed by atoms with E-state index in [1.807, 2.05) is 42.5 Å². The van der Waals surface area contributed by atoms with Gasteiger partial charge in [0.25, 0.3) is 0 Å². The van der Waals surface area contributed by atoms with Crippen LogP contribution in [-0.4, -0.2) is 36.0 Å². The van der Waals surface area contributed by atoms with Crippen LogP contribution in [0.15, 0.2) is 96.4 Å². The first-order chi connectivity index (χ1) is 21.2. The fourth-order valence-electron chi connectivity index (χ4n) is 7.28. The highest BCUT2D eigenvalue weighted by Gasteiger charge is 2.45. The van der Waals surface area contributed by atoms with Gasteiger partial charge in [-0.3, -0.25) is 4.98 Å². The summed E-state index contributed by atoms with van der Waals surface area (Å²) in [6, 6.07) is 26.8. The summed E-state index contributed by atoms with van der Waals surface area (Å²) in [5, 5.41) is 13.9. The van der Waals surface area contributed by atoms with E-state index in [1.165, 1.54) is 17.1 Å². The maximum absolute atomic E-state index is 9.34. The topological polar surface area (TPSA) is 68.9 Å². The second-order valence-corrected chi connectivity index (χ2v) is 18.1. The number of pyridine rings is 1. The molecule has 2 heterocycles. The van der Waals surface area contributed by atoms with Crippen LogP contribution in [0.3, 0.4) is 0 Å². The highest BCUT2D eigenvalue weighted by molar-refractivity contribution is 6.82. The molecule has 7 heteroatoms. The molecule has 3 aromatic carbocycles. The summed E-state index contributed by atoms with van der Waals surface area (Å²) in [7, 11) is -0.289. The van der Waals surface area contributed by atoms with Gasteiger partial charge in [0.1, 0.15) is 18.1 Å². The summed E-state index contributed by atoms with van der Waals surface area (Å²) in [5.74, 6) is 1.54. The molecule has 0 aliphatic rings. The lowest BCUT2D eigenvalue weighted by molar-refractivity contribution is 0.306. The molecule has 1 N–H and O–H groups in total. The third kappa shape index (κ3) is 5.76. The van der Waals surface area contributed by atoms with Crippen molar-refractivity contribution in [1.82, 2.24) is 9.22 Å². The number of ether oxygens (including phenoxy) is 2. The average molecular weight is 606 g/mol. The summed E-state index contributed by atoms with van der Waals surface area (Å²) in [6.45, 7) is 14.8. The average Bonchev–Trinajstić information content (AvgIpc) is 3.45. The predicted octanol–water partition coefficient (Wildman–Crippen LogP) is 9.79. The zero-order valence-corrected chi connectivity index (χ0v) is 27.8. The Hall–Kier alpha value is -4.36. The minimum atomic E-state index is -1.95. The Kier molecular flexibility index (Phi) is 9.25. The zero-order chi connectivity index (χ0) is 31.4. The third-order valence-corrected chi connectivity index (χ3v) is 15.8. The molecule has 5 aromatic rings. The number of fused-ring (bicyclic) bond motifs is 1. The monoisotopic (exact) mass is 605 g/mol. The van der Waals surface area contributed by atoms with E-state index in [0.29, 0.717) is 23.2 Å². The summed E-state index contributed by atoms with van der Waals surface area (Å²) >= 11 is 0. The predicted molar refractivity (Wildman–Crippen MR) is 184 cm³/mol. The molecule has 0 bridgehead atoms. The van der Waals surface area contributed by atoms with E-state index >= 15 is 0 Å². The van der Waals surface area contributed by atoms with E-state index in [-0.39, 0.29) is 0 Å². The van der Waals surface area contributed by atoms with E-state index in [2.05, 4.69) is 98.5 Å². The van der Waals surface area contributed by atoms with Gasteiger partial charge in [-0.15, -0.1) is 0 Å². The van der Waals surface area contributed by atoms with Gasteiger partial charge in [-0.25, -0.2) is 0 Å². The first-order valence-corrected chi connectivity index (χ1v) is 17.5. The first kappa shape index (κ1) is 31.1. The van der Waals surface area contributed by atoms with Gasteiger partial charge < -0.3 is 18.9 Å². The number of hydrogen-bond acceptors (Lipinski definition) is 5. The van der Waals surface area contributed by atoms with Crippen LogP contribution >= 0.6 is 0 Å². The Balaban J connectivity index is 1.66. The quantitative estimate of drug-likeness (QED) is 0.0704. The molecule has 5 rings (SSSR count). The van der Waals surface area contributed by atoms with Crippen LogP contribution in [0.2, 0.25) is 16.6 Å². The first-order valence-electron chi connectivity index (χ1n) is 15.3. The fraction of sp³-hybridized carbons (Fsp3) is 0.297. The number of nitrogens with zero attached hydrogens (tertiary/aromatic N) is 3. The van der Waals surface area contributed by atoms with Gasteiger partial charge in [0, 0.05) is 28.2 Å². The number of benzene rings is 3. The van der Waals surface area contributed by atoms with Crippen LogP contribution in [-0.2, 0) is 6.61 Å². The van der Waals surface area contributed by atoms with E-state index in [0.717, 1.165) is 45.0 Å². The molecule has 0 radical (unpaired) electrons. The minimum absolute atomic E-state index is 0.409. The van der Waals surface area contributed by atoms with Crippen LogP contribution in [0.5, 0.6) is 11.5 Å². The van der Waals surface area contributed by atoms with Gasteiger partial charge in [0.15, 0.2) is 8.24 Å². The Labute approximate surface area is 262 Å². The van der Waals surface area contributed by atoms with Gasteiger partial charge >= 0.3 is 0 Å². The lowest BCUT2D eigenvalue weighted by atomic mass is 9.97. The Morgan fingerprint density at radius 3 is 2.20 bits per heavy atom. The highest BCUT2D eigenvalue weighted by atomic mass is 28.3. The lowest BCUT2D eigenvalue weighted by Gasteiger charge is -2.44. The number of oxime groups is 1. The fourth-order valence-corrected chi connectivity index (χ4v) is 13.9. The van der Waals surface area contributed by atoms with Crippen LogP contribution in [0.25, 0.3) is 33.3 Å². The van der Waals surface area contributed by atoms with Crippen molar-refractivity contribution in [2.75, 3.05) is 7.11 Å². The third-order valence-electron chi connectivity index (χ3n) is 9.02. The van der Waals surface area contributed by atoms with Gasteiger partial charge in [-0.1, -0.05) is 71.0 Å². The largest absolute Gasteiger partial charge is 0.497 e. The molecule has 0 unspecified atom stereocenters. The van der Waals surface area contributed by atoms with Crippen LogP contribution in [0.4, 0.5) is 0 Å². The van der Waals surface area contributed by atoms with Crippen molar-refractivity contribution in [1.29, 1.82) is 0 Å². The molecule has 0 aliphatic carbocycles. The van der Waals surface area contributed by atoms with Crippen molar-refractivity contribution in [2.45, 2.75) is 64.8 Å². The molecule has 2 aromatic heterocycles. The Morgan fingerprint density at radius 1 is 0.841 bits per heavy atom. The molecule has 0 saturated heterocycles. The SMILES string of the molecule is COc1ccc(COc2cc(-c3ncccc3C=NO)cc(-c3cccc4c3ccn4[Si](C(C)C)(C(C)C)C(C)C)c2)cc1. The van der Waals surface area contributed by atoms with Gasteiger partial charge in [-0.2, -0.15) is 0 Å². The van der Waals surface area contributed by atoms with Crippen LogP contribution in [0.1, 0.15) is 52.7 Å². The van der Waals surface area contributed by atoms with Crippen molar-refractivity contribution in [3.63, 3.8) is 0 Å². The van der Waals surface area contributed by atoms with E-state index < -0.39 is 8.24 Å². The standard InChI is InChI=1S/C37H43N3O3Si/c1-25(2)44(26(3)4,27(5)6)40-19-17-35-34(11-8-12-36(35)40)30-20-31(37-29(23-39-41)10-9-18-38-37)22-33(21-30)43-24-28-13-15-32(42-7)16-14-28/h8-23,25-27,41H,24H2,1-7H3. The molecule has 0 amide bonds. The second-order valence-electron chi connectivity index (χ2n) is 12.3. The van der Waals surface area contributed by atoms with Crippen LogP contribution in [0, 0.1) is 0 Å². The van der Waals surface area contributed by atoms with Crippen molar-refractivity contribution in [2.24, 2.45) is 5.16 Å². The summed E-state index contributed by atoms with van der Waals surface area (Å²) < 4.78 is 14.4. The molecule has 0 aliphatic heterocycles. The molecular formula is C37H43N3O3Si. The molecule has 0 spiro atoms. The lowest BCUT2D eigenvalue weighted by Crippen LogP contribution is -2.51.